The number of likely N-dealkylation sites (tertiary alicyclic amines) is 1. The van der Waals surface area contributed by atoms with E-state index in [-0.39, 0.29) is 23.4 Å². The lowest BCUT2D eigenvalue weighted by molar-refractivity contribution is -0.127. The van der Waals surface area contributed by atoms with Crippen molar-refractivity contribution in [3.8, 4) is 34.3 Å². The molecule has 8 nitrogen and oxygen atoms in total. The molecule has 1 unspecified atom stereocenters. The third kappa shape index (κ3) is 5.50. The van der Waals surface area contributed by atoms with Crippen LogP contribution in [0.3, 0.4) is 0 Å². The number of halogens is 1. The number of amides is 1. The van der Waals surface area contributed by atoms with Gasteiger partial charge in [0, 0.05) is 24.8 Å². The number of unbranched alkanes of at least 4 members (excludes halogenated alkanes) is 1. The number of hydrogen-bond acceptors (Lipinski definition) is 6. The predicted octanol–water partition coefficient (Wildman–Crippen LogP) is 6.57. The molecule has 4 aromatic rings. The van der Waals surface area contributed by atoms with Gasteiger partial charge in [0.05, 0.1) is 31.3 Å². The molecule has 208 valence electrons. The van der Waals surface area contributed by atoms with Gasteiger partial charge in [0.2, 0.25) is 11.7 Å². The lowest BCUT2D eigenvalue weighted by atomic mass is 10.1. The first-order chi connectivity index (χ1) is 19.5. The summed E-state index contributed by atoms with van der Waals surface area (Å²) < 4.78 is 33.6. The van der Waals surface area contributed by atoms with Crippen LogP contribution in [0.1, 0.15) is 38.6 Å². The molecule has 0 aliphatic carbocycles. The molecule has 0 bridgehead atoms. The average molecular weight is 545 g/mol. The Hall–Kier alpha value is -4.40. The van der Waals surface area contributed by atoms with Gasteiger partial charge >= 0.3 is 0 Å². The van der Waals surface area contributed by atoms with Crippen molar-refractivity contribution in [2.45, 2.75) is 38.6 Å². The number of benzene rings is 2. The molecule has 3 heterocycles. The Morgan fingerprint density at radius 1 is 1.15 bits per heavy atom. The molecule has 40 heavy (non-hydrogen) atoms. The van der Waals surface area contributed by atoms with Crippen molar-refractivity contribution >= 4 is 16.8 Å². The fourth-order valence-corrected chi connectivity index (χ4v) is 4.98. The molecule has 1 aliphatic rings. The minimum absolute atomic E-state index is 0.0246. The highest BCUT2D eigenvalue weighted by atomic mass is 19.1. The van der Waals surface area contributed by atoms with Crippen LogP contribution < -0.4 is 14.2 Å². The number of ether oxygens (including phenoxy) is 3. The third-order valence-corrected chi connectivity index (χ3v) is 7.06. The van der Waals surface area contributed by atoms with Gasteiger partial charge in [-0.1, -0.05) is 26.0 Å². The fraction of sp³-hybridized carbons (Fsp3) is 0.323. The van der Waals surface area contributed by atoms with E-state index in [1.54, 1.807) is 42.7 Å². The van der Waals surface area contributed by atoms with Crippen LogP contribution in [-0.4, -0.2) is 52.4 Å². The number of pyridine rings is 1. The molecule has 1 aliphatic heterocycles. The number of piperidine rings is 1. The van der Waals surface area contributed by atoms with Crippen LogP contribution in [0.25, 0.3) is 22.2 Å². The molecule has 1 fully saturated rings. The third-order valence-electron chi connectivity index (χ3n) is 7.06. The van der Waals surface area contributed by atoms with Crippen LogP contribution in [0.2, 0.25) is 0 Å². The van der Waals surface area contributed by atoms with Crippen molar-refractivity contribution in [3.63, 3.8) is 0 Å². The topological polar surface area (TPSA) is 78.7 Å². The highest BCUT2D eigenvalue weighted by Crippen LogP contribution is 2.38. The van der Waals surface area contributed by atoms with Crippen LogP contribution >= 0.6 is 0 Å². The van der Waals surface area contributed by atoms with E-state index in [9.17, 15) is 9.18 Å². The van der Waals surface area contributed by atoms with Crippen LogP contribution in [0.4, 0.5) is 4.39 Å². The summed E-state index contributed by atoms with van der Waals surface area (Å²) in [6.45, 7) is 7.59. The van der Waals surface area contributed by atoms with Gasteiger partial charge in [-0.2, -0.15) is 9.49 Å². The molecule has 9 heteroatoms. The number of methoxy groups -OCH3 is 1. The van der Waals surface area contributed by atoms with Crippen molar-refractivity contribution in [2.24, 2.45) is 0 Å². The fourth-order valence-electron chi connectivity index (χ4n) is 4.98. The lowest BCUT2D eigenvalue weighted by Gasteiger charge is -2.32. The quantitative estimate of drug-likeness (QED) is 0.166. The summed E-state index contributed by atoms with van der Waals surface area (Å²) in [5.41, 5.74) is 2.46. The second-order valence-electron chi connectivity index (χ2n) is 9.71. The molecule has 0 spiro atoms. The van der Waals surface area contributed by atoms with Crippen LogP contribution in [-0.2, 0) is 4.79 Å². The van der Waals surface area contributed by atoms with Crippen LogP contribution in [0.5, 0.6) is 23.0 Å². The lowest BCUT2D eigenvalue weighted by Crippen LogP contribution is -2.40. The molecule has 0 N–H and O–H groups in total. The first-order valence-corrected chi connectivity index (χ1v) is 13.5. The maximum absolute atomic E-state index is 14.6. The SMILES string of the molecule is C=CC(=O)N1CCCC(n2nc(-c3ccc(Oc4cccc(OC)c4F)cc3)c3cncc(OCCCC)c32)C1. The first-order valence-electron chi connectivity index (χ1n) is 13.5. The van der Waals surface area contributed by atoms with Crippen LogP contribution in [0.15, 0.2) is 67.5 Å². The maximum Gasteiger partial charge on any atom is 0.246 e. The smallest absolute Gasteiger partial charge is 0.246 e. The van der Waals surface area contributed by atoms with Crippen molar-refractivity contribution in [1.82, 2.24) is 19.7 Å². The molecule has 0 saturated carbocycles. The van der Waals surface area contributed by atoms with E-state index in [1.807, 2.05) is 21.7 Å². The summed E-state index contributed by atoms with van der Waals surface area (Å²) in [4.78, 5) is 18.7. The van der Waals surface area contributed by atoms with Gasteiger partial charge in [-0.15, -0.1) is 0 Å². The normalized spacial score (nSPS) is 15.2. The Balaban J connectivity index is 1.51. The molecular formula is C31H33FN4O4. The molecule has 1 saturated heterocycles. The number of nitrogens with zero attached hydrogens (tertiary/aromatic N) is 4. The van der Waals surface area contributed by atoms with E-state index < -0.39 is 5.82 Å². The van der Waals surface area contributed by atoms with E-state index in [1.165, 1.54) is 13.2 Å². The maximum atomic E-state index is 14.6. The standard InChI is InChI=1S/C31H33FN4O4/c1-4-6-17-39-27-19-33-18-24-30(34-36(31(24)27)22-9-8-16-35(20-22)28(37)5-2)21-12-14-23(15-13-21)40-26-11-7-10-25(38-3)29(26)32/h5,7,10-15,18-19,22H,2,4,6,8-9,16-17,20H2,1,3H3. The van der Waals surface area contributed by atoms with Crippen LogP contribution in [0, 0.1) is 5.82 Å². The summed E-state index contributed by atoms with van der Waals surface area (Å²) in [7, 11) is 1.41. The monoisotopic (exact) mass is 544 g/mol. The average Bonchev–Trinajstić information content (AvgIpc) is 3.39. The molecule has 2 aromatic carbocycles. The molecular weight excluding hydrogens is 511 g/mol. The Kier molecular flexibility index (Phi) is 8.28. The van der Waals surface area contributed by atoms with Gasteiger partial charge in [-0.05, 0) is 61.7 Å². The van der Waals surface area contributed by atoms with Gasteiger partial charge in [0.15, 0.2) is 17.2 Å². The second-order valence-corrected chi connectivity index (χ2v) is 9.71. The van der Waals surface area contributed by atoms with E-state index in [0.717, 1.165) is 47.8 Å². The summed E-state index contributed by atoms with van der Waals surface area (Å²) in [5.74, 6) is 0.711. The Morgan fingerprint density at radius 2 is 1.95 bits per heavy atom. The summed E-state index contributed by atoms with van der Waals surface area (Å²) in [6, 6.07) is 12.1. The molecule has 0 radical (unpaired) electrons. The molecule has 1 amide bonds. The van der Waals surface area contributed by atoms with Gasteiger partial charge < -0.3 is 19.1 Å². The zero-order valence-corrected chi connectivity index (χ0v) is 22.8. The van der Waals surface area contributed by atoms with Gasteiger partial charge in [-0.3, -0.25) is 14.5 Å². The Bertz CT molecular complexity index is 1500. The Labute approximate surface area is 233 Å². The van der Waals surface area contributed by atoms with E-state index >= 15 is 0 Å². The summed E-state index contributed by atoms with van der Waals surface area (Å²) >= 11 is 0. The van der Waals surface area contributed by atoms with Gasteiger partial charge in [0.1, 0.15) is 17.0 Å². The number of rotatable bonds is 10. The predicted molar refractivity (Wildman–Crippen MR) is 151 cm³/mol. The summed E-state index contributed by atoms with van der Waals surface area (Å²) in [5, 5.41) is 5.91. The zero-order valence-electron chi connectivity index (χ0n) is 22.8. The minimum Gasteiger partial charge on any atom is -0.494 e. The van der Waals surface area contributed by atoms with Crippen molar-refractivity contribution in [3.05, 3.63) is 73.3 Å². The number of carbonyl (C=O) groups is 1. The highest BCUT2D eigenvalue weighted by Gasteiger charge is 2.28. The van der Waals surface area contributed by atoms with E-state index in [2.05, 4.69) is 18.5 Å². The zero-order chi connectivity index (χ0) is 28.1. The molecule has 1 atom stereocenters. The number of aromatic nitrogens is 3. The minimum atomic E-state index is -0.558. The molecule has 5 rings (SSSR count). The van der Waals surface area contributed by atoms with Gasteiger partial charge in [0.25, 0.3) is 0 Å². The van der Waals surface area contributed by atoms with Crippen molar-refractivity contribution < 1.29 is 23.4 Å². The molecule has 2 aromatic heterocycles. The second kappa shape index (κ2) is 12.2. The van der Waals surface area contributed by atoms with E-state index in [0.29, 0.717) is 31.2 Å². The highest BCUT2D eigenvalue weighted by molar-refractivity contribution is 5.96. The summed E-state index contributed by atoms with van der Waals surface area (Å²) in [6.07, 6.45) is 8.58. The Morgan fingerprint density at radius 3 is 2.70 bits per heavy atom. The first kappa shape index (κ1) is 27.2. The number of hydrogen-bond donors (Lipinski definition) is 0. The number of fused-ring (bicyclic) bond motifs is 1. The van der Waals surface area contributed by atoms with E-state index in [4.69, 9.17) is 19.3 Å². The van der Waals surface area contributed by atoms with Crippen molar-refractivity contribution in [1.29, 1.82) is 0 Å². The van der Waals surface area contributed by atoms with Crippen molar-refractivity contribution in [2.75, 3.05) is 26.8 Å². The largest absolute Gasteiger partial charge is 0.494 e. The van der Waals surface area contributed by atoms with Gasteiger partial charge in [-0.25, -0.2) is 0 Å². The number of carbonyl (C=O) groups excluding carboxylic acids is 1.